The molecule has 2 aromatic rings. The van der Waals surface area contributed by atoms with Crippen molar-refractivity contribution in [3.63, 3.8) is 0 Å². The van der Waals surface area contributed by atoms with Gasteiger partial charge in [-0.1, -0.05) is 31.5 Å². The molecule has 0 aliphatic heterocycles. The van der Waals surface area contributed by atoms with Crippen LogP contribution in [0.3, 0.4) is 0 Å². The monoisotopic (exact) mass is 291 g/mol. The van der Waals surface area contributed by atoms with Crippen molar-refractivity contribution >= 4 is 17.3 Å². The number of benzene rings is 1. The number of aromatic nitrogens is 4. The van der Waals surface area contributed by atoms with E-state index in [-0.39, 0.29) is 0 Å². The average Bonchev–Trinajstić information content (AvgIpc) is 2.95. The van der Waals surface area contributed by atoms with Crippen LogP contribution < -0.4 is 5.73 Å². The largest absolute Gasteiger partial charge is 0.398 e. The van der Waals surface area contributed by atoms with Gasteiger partial charge in [0.2, 0.25) is 0 Å². The van der Waals surface area contributed by atoms with Gasteiger partial charge in [-0.25, -0.2) is 4.68 Å². The van der Waals surface area contributed by atoms with E-state index in [4.69, 9.17) is 17.3 Å². The molecule has 1 saturated carbocycles. The van der Waals surface area contributed by atoms with E-state index in [2.05, 4.69) is 29.4 Å². The number of anilines is 1. The highest BCUT2D eigenvalue weighted by Crippen LogP contribution is 2.44. The molecule has 0 saturated heterocycles. The molecule has 1 aromatic heterocycles. The van der Waals surface area contributed by atoms with Gasteiger partial charge >= 0.3 is 0 Å². The van der Waals surface area contributed by atoms with E-state index in [1.54, 1.807) is 0 Å². The number of rotatable bonds is 2. The number of hydrogen-bond donors (Lipinski definition) is 1. The molecule has 106 valence electrons. The number of nitrogens with zero attached hydrogens (tertiary/aromatic N) is 4. The third kappa shape index (κ3) is 2.26. The first-order valence-corrected chi connectivity index (χ1v) is 7.18. The summed E-state index contributed by atoms with van der Waals surface area (Å²) in [5.41, 5.74) is 7.70. The summed E-state index contributed by atoms with van der Waals surface area (Å²) in [5, 5.41) is 12.7. The van der Waals surface area contributed by atoms with Crippen LogP contribution in [0.4, 0.5) is 5.69 Å². The second-order valence-electron chi connectivity index (χ2n) is 6.21. The van der Waals surface area contributed by atoms with Crippen molar-refractivity contribution in [3.05, 3.63) is 23.2 Å². The lowest BCUT2D eigenvalue weighted by atomic mass is 9.92. The summed E-state index contributed by atoms with van der Waals surface area (Å²) in [6, 6.07) is 5.77. The van der Waals surface area contributed by atoms with Crippen LogP contribution >= 0.6 is 11.6 Å². The Hall–Kier alpha value is -1.62. The fourth-order valence-corrected chi connectivity index (χ4v) is 3.26. The molecular formula is C14H18ClN5. The van der Waals surface area contributed by atoms with Crippen molar-refractivity contribution in [1.82, 2.24) is 20.2 Å². The molecule has 1 fully saturated rings. The maximum Gasteiger partial charge on any atom is 0.185 e. The van der Waals surface area contributed by atoms with E-state index in [9.17, 15) is 0 Å². The summed E-state index contributed by atoms with van der Waals surface area (Å²) in [7, 11) is 0. The number of hydrogen-bond acceptors (Lipinski definition) is 4. The van der Waals surface area contributed by atoms with Crippen molar-refractivity contribution in [3.8, 4) is 11.4 Å². The van der Waals surface area contributed by atoms with Crippen LogP contribution in [0.2, 0.25) is 5.02 Å². The first kappa shape index (κ1) is 13.4. The highest BCUT2D eigenvalue weighted by molar-refractivity contribution is 6.33. The quantitative estimate of drug-likeness (QED) is 0.862. The van der Waals surface area contributed by atoms with Crippen molar-refractivity contribution < 1.29 is 0 Å². The molecule has 6 heteroatoms. The highest BCUT2D eigenvalue weighted by Gasteiger charge is 2.34. The van der Waals surface area contributed by atoms with Crippen LogP contribution in [0.25, 0.3) is 11.4 Å². The fraction of sp³-hybridized carbons (Fsp3) is 0.500. The Labute approximate surface area is 123 Å². The predicted molar refractivity (Wildman–Crippen MR) is 79.3 cm³/mol. The molecule has 0 amide bonds. The SMILES string of the molecule is CC1(C)CCC(n2nnnc2-c2c(N)cccc2Cl)C1. The van der Waals surface area contributed by atoms with Gasteiger partial charge in [-0.05, 0) is 47.2 Å². The summed E-state index contributed by atoms with van der Waals surface area (Å²) in [6.07, 6.45) is 3.32. The van der Waals surface area contributed by atoms with Gasteiger partial charge in [-0.2, -0.15) is 0 Å². The molecule has 5 nitrogen and oxygen atoms in total. The van der Waals surface area contributed by atoms with E-state index in [1.165, 1.54) is 6.42 Å². The second kappa shape index (κ2) is 4.74. The third-order valence-corrected chi connectivity index (χ3v) is 4.37. The lowest BCUT2D eigenvalue weighted by Crippen LogP contribution is -2.12. The molecule has 0 bridgehead atoms. The minimum absolute atomic E-state index is 0.311. The molecule has 1 heterocycles. The van der Waals surface area contributed by atoms with Crippen molar-refractivity contribution in [2.24, 2.45) is 5.41 Å². The van der Waals surface area contributed by atoms with Crippen molar-refractivity contribution in [1.29, 1.82) is 0 Å². The third-order valence-electron chi connectivity index (χ3n) is 4.05. The zero-order chi connectivity index (χ0) is 14.3. The minimum atomic E-state index is 0.311. The molecule has 2 N–H and O–H groups in total. The first-order valence-electron chi connectivity index (χ1n) is 6.80. The maximum atomic E-state index is 6.27. The van der Waals surface area contributed by atoms with E-state index in [0.29, 0.717) is 28.0 Å². The van der Waals surface area contributed by atoms with E-state index in [1.807, 2.05) is 22.9 Å². The van der Waals surface area contributed by atoms with Gasteiger partial charge in [0.25, 0.3) is 0 Å². The summed E-state index contributed by atoms with van der Waals surface area (Å²) < 4.78 is 1.88. The van der Waals surface area contributed by atoms with Crippen molar-refractivity contribution in [2.45, 2.75) is 39.2 Å². The van der Waals surface area contributed by atoms with Crippen LogP contribution in [0.1, 0.15) is 39.2 Å². The average molecular weight is 292 g/mol. The summed E-state index contributed by atoms with van der Waals surface area (Å²) in [6.45, 7) is 4.56. The van der Waals surface area contributed by atoms with E-state index >= 15 is 0 Å². The summed E-state index contributed by atoms with van der Waals surface area (Å²) in [4.78, 5) is 0. The molecule has 3 rings (SSSR count). The zero-order valence-corrected chi connectivity index (χ0v) is 12.4. The van der Waals surface area contributed by atoms with Gasteiger partial charge in [0.1, 0.15) is 0 Å². The molecule has 1 aliphatic rings. The van der Waals surface area contributed by atoms with E-state index < -0.39 is 0 Å². The Morgan fingerprint density at radius 2 is 2.20 bits per heavy atom. The Bertz CT molecular complexity index is 614. The van der Waals surface area contributed by atoms with E-state index in [0.717, 1.165) is 18.4 Å². The molecule has 1 unspecified atom stereocenters. The molecule has 20 heavy (non-hydrogen) atoms. The molecular weight excluding hydrogens is 274 g/mol. The van der Waals surface area contributed by atoms with Crippen molar-refractivity contribution in [2.75, 3.05) is 5.73 Å². The Kier molecular flexibility index (Phi) is 3.17. The van der Waals surface area contributed by atoms with Gasteiger partial charge in [-0.3, -0.25) is 0 Å². The van der Waals surface area contributed by atoms with Gasteiger partial charge in [0, 0.05) is 5.69 Å². The van der Waals surface area contributed by atoms with Gasteiger partial charge in [0.15, 0.2) is 5.82 Å². The topological polar surface area (TPSA) is 69.6 Å². The lowest BCUT2D eigenvalue weighted by Gasteiger charge is -2.18. The smallest absolute Gasteiger partial charge is 0.185 e. The molecule has 0 spiro atoms. The summed E-state index contributed by atoms with van der Waals surface area (Å²) >= 11 is 6.27. The molecule has 0 radical (unpaired) electrons. The second-order valence-corrected chi connectivity index (χ2v) is 6.62. The number of nitrogen functional groups attached to an aromatic ring is 1. The molecule has 1 aliphatic carbocycles. The van der Waals surface area contributed by atoms with Crippen LogP contribution in [0, 0.1) is 5.41 Å². The Morgan fingerprint density at radius 3 is 2.85 bits per heavy atom. The number of halogens is 1. The van der Waals surface area contributed by atoms with Crippen LogP contribution in [-0.2, 0) is 0 Å². The van der Waals surface area contributed by atoms with Crippen LogP contribution in [-0.4, -0.2) is 20.2 Å². The van der Waals surface area contributed by atoms with Gasteiger partial charge in [-0.15, -0.1) is 5.10 Å². The van der Waals surface area contributed by atoms with Crippen LogP contribution in [0.15, 0.2) is 18.2 Å². The van der Waals surface area contributed by atoms with Crippen LogP contribution in [0.5, 0.6) is 0 Å². The standard InChI is InChI=1S/C14H18ClN5/c1-14(2)7-6-9(8-14)20-13(17-18-19-20)12-10(15)4-3-5-11(12)16/h3-5,9H,6-8,16H2,1-2H3. The van der Waals surface area contributed by atoms with Gasteiger partial charge < -0.3 is 5.73 Å². The molecule has 1 atom stereocenters. The highest BCUT2D eigenvalue weighted by atomic mass is 35.5. The van der Waals surface area contributed by atoms with Gasteiger partial charge in [0.05, 0.1) is 16.6 Å². The summed E-state index contributed by atoms with van der Waals surface area (Å²) in [5.74, 6) is 0.663. The molecule has 1 aromatic carbocycles. The zero-order valence-electron chi connectivity index (χ0n) is 11.7. The normalized spacial score (nSPS) is 21.2. The number of tetrazole rings is 1. The first-order chi connectivity index (χ1) is 9.48. The number of nitrogens with two attached hydrogens (primary N) is 1. The minimum Gasteiger partial charge on any atom is -0.398 e. The Morgan fingerprint density at radius 1 is 1.40 bits per heavy atom. The Balaban J connectivity index is 2.03. The maximum absolute atomic E-state index is 6.27. The predicted octanol–water partition coefficient (Wildman–Crippen LogP) is 3.33. The lowest BCUT2D eigenvalue weighted by molar-refractivity contribution is 0.349. The fourth-order valence-electron chi connectivity index (χ4n) is 2.99.